The molecule has 8 heteroatoms. The minimum absolute atomic E-state index is 0.0565. The number of thioether (sulfide) groups is 1. The Bertz CT molecular complexity index is 861. The Labute approximate surface area is 153 Å². The number of hydrogen-bond acceptors (Lipinski definition) is 8. The molecule has 1 aliphatic heterocycles. The summed E-state index contributed by atoms with van der Waals surface area (Å²) in [5.74, 6) is -0.367. The molecule has 1 aromatic carbocycles. The quantitative estimate of drug-likeness (QED) is 0.775. The van der Waals surface area contributed by atoms with Crippen LogP contribution in [0.4, 0.5) is 0 Å². The Balaban J connectivity index is 1.89. The number of allylic oxidation sites excluding steroid dienone is 1. The number of rotatable bonds is 5. The van der Waals surface area contributed by atoms with Gasteiger partial charge in [-0.1, -0.05) is 24.8 Å². The first-order valence-corrected chi connectivity index (χ1v) is 9.47. The molecule has 6 nitrogen and oxygen atoms in total. The van der Waals surface area contributed by atoms with E-state index in [1.807, 2.05) is 13.8 Å². The van der Waals surface area contributed by atoms with Crippen molar-refractivity contribution >= 4 is 40.0 Å². The normalized spacial score (nSPS) is 19.0. The Morgan fingerprint density at radius 2 is 2.16 bits per heavy atom. The number of hydrogen-bond donors (Lipinski definition) is 2. The van der Waals surface area contributed by atoms with Crippen molar-refractivity contribution in [1.29, 1.82) is 5.41 Å². The summed E-state index contributed by atoms with van der Waals surface area (Å²) in [4.78, 5) is 13.2. The molecular weight excluding hydrogens is 358 g/mol. The smallest absolute Gasteiger partial charge is 0.186 e. The molecule has 1 saturated heterocycles. The molecule has 2 heterocycles. The van der Waals surface area contributed by atoms with Crippen molar-refractivity contribution in [1.82, 2.24) is 10.2 Å². The third-order valence-corrected chi connectivity index (χ3v) is 5.73. The van der Waals surface area contributed by atoms with Crippen molar-refractivity contribution in [3.8, 4) is 11.5 Å². The molecule has 2 N–H and O–H groups in total. The van der Waals surface area contributed by atoms with Gasteiger partial charge in [0, 0.05) is 0 Å². The summed E-state index contributed by atoms with van der Waals surface area (Å²) in [6.45, 7) is 4.25. The van der Waals surface area contributed by atoms with Gasteiger partial charge in [0.1, 0.15) is 15.9 Å². The number of phenols is 1. The molecule has 0 saturated carbocycles. The standard InChI is InChI=1S/C17H17N3O3S2/c1-3-13-19-20-17(25-13)14-15(22)12(24-16(14)18)8-9-5-6-10(21)11(7-9)23-4-2/h5-8,14,18,21H,3-4H2,1-2H3. The first-order chi connectivity index (χ1) is 12.0. The fourth-order valence-corrected chi connectivity index (χ4v) is 4.34. The van der Waals surface area contributed by atoms with E-state index in [1.54, 1.807) is 18.2 Å². The van der Waals surface area contributed by atoms with Crippen molar-refractivity contribution in [3.05, 3.63) is 38.7 Å². The Morgan fingerprint density at radius 1 is 1.36 bits per heavy atom. The van der Waals surface area contributed by atoms with Crippen LogP contribution in [-0.2, 0) is 11.2 Å². The second-order valence-electron chi connectivity index (χ2n) is 5.32. The van der Waals surface area contributed by atoms with E-state index < -0.39 is 5.92 Å². The molecule has 0 spiro atoms. The van der Waals surface area contributed by atoms with Crippen LogP contribution in [0.3, 0.4) is 0 Å². The average Bonchev–Trinajstić information content (AvgIpc) is 3.15. The molecule has 130 valence electrons. The average molecular weight is 375 g/mol. The Kier molecular flexibility index (Phi) is 5.19. The summed E-state index contributed by atoms with van der Waals surface area (Å²) in [7, 11) is 0. The summed E-state index contributed by atoms with van der Waals surface area (Å²) in [6.07, 6.45) is 2.47. The second kappa shape index (κ2) is 7.37. The minimum Gasteiger partial charge on any atom is -0.504 e. The van der Waals surface area contributed by atoms with Crippen LogP contribution in [-0.4, -0.2) is 32.7 Å². The predicted octanol–water partition coefficient (Wildman–Crippen LogP) is 3.62. The highest BCUT2D eigenvalue weighted by Crippen LogP contribution is 2.42. The van der Waals surface area contributed by atoms with E-state index in [2.05, 4.69) is 10.2 Å². The number of phenolic OH excluding ortho intramolecular Hbond substituents is 1. The first kappa shape index (κ1) is 17.6. The Hall–Kier alpha value is -2.19. The predicted molar refractivity (Wildman–Crippen MR) is 99.6 cm³/mol. The van der Waals surface area contributed by atoms with Gasteiger partial charge in [0.2, 0.25) is 0 Å². The van der Waals surface area contributed by atoms with Gasteiger partial charge in [0.25, 0.3) is 0 Å². The molecule has 25 heavy (non-hydrogen) atoms. The van der Waals surface area contributed by atoms with Gasteiger partial charge in [-0.2, -0.15) is 0 Å². The highest BCUT2D eigenvalue weighted by Gasteiger charge is 2.39. The number of aryl methyl sites for hydroxylation is 1. The summed E-state index contributed by atoms with van der Waals surface area (Å²) >= 11 is 2.52. The van der Waals surface area contributed by atoms with Gasteiger partial charge in [0.05, 0.1) is 16.6 Å². The van der Waals surface area contributed by atoms with E-state index in [-0.39, 0.29) is 16.6 Å². The van der Waals surface area contributed by atoms with Crippen molar-refractivity contribution in [2.45, 2.75) is 26.2 Å². The Morgan fingerprint density at radius 3 is 2.84 bits per heavy atom. The molecule has 0 bridgehead atoms. The highest BCUT2D eigenvalue weighted by atomic mass is 32.2. The lowest BCUT2D eigenvalue weighted by Crippen LogP contribution is -2.11. The number of carbonyl (C=O) groups excluding carboxylic acids is 1. The van der Waals surface area contributed by atoms with E-state index in [1.165, 1.54) is 17.4 Å². The van der Waals surface area contributed by atoms with Crippen molar-refractivity contribution in [2.24, 2.45) is 0 Å². The van der Waals surface area contributed by atoms with Crippen molar-refractivity contribution in [3.63, 3.8) is 0 Å². The van der Waals surface area contributed by atoms with Gasteiger partial charge in [-0.3, -0.25) is 10.2 Å². The molecule has 1 unspecified atom stereocenters. The van der Waals surface area contributed by atoms with E-state index in [9.17, 15) is 9.90 Å². The number of ether oxygens (including phenoxy) is 1. The van der Waals surface area contributed by atoms with E-state index in [0.717, 1.165) is 28.8 Å². The molecule has 2 aromatic rings. The molecule has 1 aromatic heterocycles. The summed E-state index contributed by atoms with van der Waals surface area (Å²) in [5, 5.41) is 27.7. The summed E-state index contributed by atoms with van der Waals surface area (Å²) in [5.41, 5.74) is 0.733. The van der Waals surface area contributed by atoms with Gasteiger partial charge in [-0.15, -0.1) is 21.5 Å². The van der Waals surface area contributed by atoms with Crippen LogP contribution in [0.15, 0.2) is 23.1 Å². The van der Waals surface area contributed by atoms with Gasteiger partial charge in [0.15, 0.2) is 17.3 Å². The zero-order valence-corrected chi connectivity index (χ0v) is 15.4. The van der Waals surface area contributed by atoms with Crippen LogP contribution in [0.1, 0.15) is 35.3 Å². The largest absolute Gasteiger partial charge is 0.504 e. The molecule has 0 radical (unpaired) electrons. The first-order valence-electron chi connectivity index (χ1n) is 7.83. The lowest BCUT2D eigenvalue weighted by Gasteiger charge is -2.06. The van der Waals surface area contributed by atoms with E-state index in [0.29, 0.717) is 22.3 Å². The number of carbonyl (C=O) groups is 1. The van der Waals surface area contributed by atoms with E-state index in [4.69, 9.17) is 10.1 Å². The zero-order chi connectivity index (χ0) is 18.0. The number of Topliss-reactive ketones (excluding diaryl/α,β-unsaturated/α-hetero) is 1. The number of nitrogens with zero attached hydrogens (tertiary/aromatic N) is 2. The lowest BCUT2D eigenvalue weighted by molar-refractivity contribution is -0.114. The van der Waals surface area contributed by atoms with Gasteiger partial charge < -0.3 is 9.84 Å². The molecule has 3 rings (SSSR count). The zero-order valence-electron chi connectivity index (χ0n) is 13.8. The number of benzene rings is 1. The number of ketones is 1. The van der Waals surface area contributed by atoms with E-state index >= 15 is 0 Å². The third kappa shape index (κ3) is 3.59. The maximum atomic E-state index is 12.7. The molecular formula is C17H17N3O3S2. The van der Waals surface area contributed by atoms with Crippen LogP contribution >= 0.6 is 23.1 Å². The summed E-state index contributed by atoms with van der Waals surface area (Å²) in [6, 6.07) is 4.91. The SMILES string of the molecule is CCOc1cc(C=C2SC(=N)C(c3nnc(CC)s3)C2=O)ccc1O. The number of aromatic hydroxyl groups is 1. The maximum absolute atomic E-state index is 12.7. The lowest BCUT2D eigenvalue weighted by atomic mass is 10.1. The minimum atomic E-state index is -0.655. The van der Waals surface area contributed by atoms with Gasteiger partial charge >= 0.3 is 0 Å². The van der Waals surface area contributed by atoms with Crippen LogP contribution in [0.2, 0.25) is 0 Å². The second-order valence-corrected chi connectivity index (χ2v) is 7.50. The summed E-state index contributed by atoms with van der Waals surface area (Å²) < 4.78 is 5.37. The van der Waals surface area contributed by atoms with Crippen LogP contribution in [0, 0.1) is 5.41 Å². The topological polar surface area (TPSA) is 96.2 Å². The van der Waals surface area contributed by atoms with Gasteiger partial charge in [-0.05, 0) is 37.1 Å². The molecule has 1 aliphatic rings. The molecule has 1 fully saturated rings. The van der Waals surface area contributed by atoms with Crippen LogP contribution in [0.5, 0.6) is 11.5 Å². The molecule has 0 aliphatic carbocycles. The fraction of sp³-hybridized carbons (Fsp3) is 0.294. The van der Waals surface area contributed by atoms with Crippen LogP contribution < -0.4 is 4.74 Å². The monoisotopic (exact) mass is 375 g/mol. The van der Waals surface area contributed by atoms with Crippen molar-refractivity contribution in [2.75, 3.05) is 6.61 Å². The fourth-order valence-electron chi connectivity index (χ4n) is 2.38. The molecule has 0 amide bonds. The maximum Gasteiger partial charge on any atom is 0.186 e. The van der Waals surface area contributed by atoms with Crippen LogP contribution in [0.25, 0.3) is 6.08 Å². The number of nitrogens with one attached hydrogen (secondary N) is 1. The third-order valence-electron chi connectivity index (χ3n) is 3.60. The van der Waals surface area contributed by atoms with Crippen molar-refractivity contribution < 1.29 is 14.6 Å². The highest BCUT2D eigenvalue weighted by molar-refractivity contribution is 8.19. The van der Waals surface area contributed by atoms with Gasteiger partial charge in [-0.25, -0.2) is 0 Å². The number of aromatic nitrogens is 2. The molecule has 1 atom stereocenters.